The largest absolute Gasteiger partial charge is 0.478 e. The second-order valence-electron chi connectivity index (χ2n) is 5.45. The summed E-state index contributed by atoms with van der Waals surface area (Å²) in [6.07, 6.45) is 2.06. The molecular weight excluding hydrogens is 330 g/mol. The maximum atomic E-state index is 12.2. The van der Waals surface area contributed by atoms with Crippen LogP contribution < -0.4 is 9.62 Å². The molecule has 2 aromatic rings. The fourth-order valence-corrected chi connectivity index (χ4v) is 3.97. The minimum absolute atomic E-state index is 0.139. The molecule has 1 aromatic carbocycles. The first-order chi connectivity index (χ1) is 11.4. The third-order valence-corrected chi connectivity index (χ3v) is 5.60. The van der Waals surface area contributed by atoms with Gasteiger partial charge in [0.25, 0.3) is 0 Å². The molecule has 24 heavy (non-hydrogen) atoms. The van der Waals surface area contributed by atoms with Gasteiger partial charge in [-0.1, -0.05) is 12.1 Å². The minimum atomic E-state index is -3.52. The first-order valence-electron chi connectivity index (χ1n) is 7.41. The molecule has 0 aliphatic carbocycles. The Kier molecular flexibility index (Phi) is 4.25. The number of fused-ring (bicyclic) bond motifs is 1. The van der Waals surface area contributed by atoms with Gasteiger partial charge in [0.15, 0.2) is 0 Å². The number of sulfonamides is 1. The SMILES string of the molecule is CNS(=O)(=O)c1cccc2c1CCN(c1ncccc1C(=O)O)C2. The number of rotatable bonds is 4. The average Bonchev–Trinajstić information content (AvgIpc) is 2.60. The van der Waals surface area contributed by atoms with Gasteiger partial charge in [-0.3, -0.25) is 0 Å². The van der Waals surface area contributed by atoms with Crippen LogP contribution >= 0.6 is 0 Å². The van der Waals surface area contributed by atoms with E-state index in [0.717, 1.165) is 11.1 Å². The second-order valence-corrected chi connectivity index (χ2v) is 7.31. The van der Waals surface area contributed by atoms with Crippen molar-refractivity contribution in [3.05, 3.63) is 53.2 Å². The number of carbonyl (C=O) groups is 1. The molecule has 0 amide bonds. The van der Waals surface area contributed by atoms with Crippen LogP contribution in [0.3, 0.4) is 0 Å². The van der Waals surface area contributed by atoms with Crippen molar-refractivity contribution in [2.24, 2.45) is 0 Å². The van der Waals surface area contributed by atoms with Crippen molar-refractivity contribution in [2.75, 3.05) is 18.5 Å². The summed E-state index contributed by atoms with van der Waals surface area (Å²) < 4.78 is 26.6. The number of aromatic carboxylic acids is 1. The lowest BCUT2D eigenvalue weighted by atomic mass is 9.99. The smallest absolute Gasteiger partial charge is 0.339 e. The predicted molar refractivity (Wildman–Crippen MR) is 88.6 cm³/mol. The number of anilines is 1. The molecule has 0 spiro atoms. The fraction of sp³-hybridized carbons (Fsp3) is 0.250. The van der Waals surface area contributed by atoms with E-state index < -0.39 is 16.0 Å². The highest BCUT2D eigenvalue weighted by molar-refractivity contribution is 7.89. The molecule has 126 valence electrons. The Morgan fingerprint density at radius 1 is 1.29 bits per heavy atom. The Bertz CT molecular complexity index is 896. The molecule has 0 unspecified atom stereocenters. The van der Waals surface area contributed by atoms with E-state index in [-0.39, 0.29) is 10.5 Å². The molecule has 1 aromatic heterocycles. The van der Waals surface area contributed by atoms with Crippen LogP contribution in [0.2, 0.25) is 0 Å². The third kappa shape index (κ3) is 2.85. The lowest BCUT2D eigenvalue weighted by Crippen LogP contribution is -2.34. The van der Waals surface area contributed by atoms with E-state index in [1.165, 1.54) is 13.1 Å². The van der Waals surface area contributed by atoms with Crippen LogP contribution in [0.15, 0.2) is 41.4 Å². The van der Waals surface area contributed by atoms with Gasteiger partial charge in [0.05, 0.1) is 4.90 Å². The van der Waals surface area contributed by atoms with Crippen molar-refractivity contribution in [3.8, 4) is 0 Å². The van der Waals surface area contributed by atoms with Gasteiger partial charge < -0.3 is 10.0 Å². The van der Waals surface area contributed by atoms with Gasteiger partial charge in [0.1, 0.15) is 11.4 Å². The molecule has 7 nitrogen and oxygen atoms in total. The third-order valence-electron chi connectivity index (χ3n) is 4.10. The zero-order valence-corrected chi connectivity index (χ0v) is 13.9. The number of carboxylic acids is 1. The summed E-state index contributed by atoms with van der Waals surface area (Å²) in [5.41, 5.74) is 1.77. The normalized spacial score (nSPS) is 14.3. The summed E-state index contributed by atoms with van der Waals surface area (Å²) in [4.78, 5) is 17.7. The van der Waals surface area contributed by atoms with Crippen molar-refractivity contribution in [1.82, 2.24) is 9.71 Å². The molecule has 8 heteroatoms. The lowest BCUT2D eigenvalue weighted by molar-refractivity contribution is 0.0697. The Morgan fingerprint density at radius 2 is 2.08 bits per heavy atom. The van der Waals surface area contributed by atoms with Gasteiger partial charge in [-0.25, -0.2) is 22.9 Å². The maximum absolute atomic E-state index is 12.2. The van der Waals surface area contributed by atoms with Crippen LogP contribution in [0, 0.1) is 0 Å². The highest BCUT2D eigenvalue weighted by Gasteiger charge is 2.26. The van der Waals surface area contributed by atoms with E-state index >= 15 is 0 Å². The fourth-order valence-electron chi connectivity index (χ4n) is 2.93. The number of hydrogen-bond acceptors (Lipinski definition) is 5. The maximum Gasteiger partial charge on any atom is 0.339 e. The van der Waals surface area contributed by atoms with E-state index in [4.69, 9.17) is 0 Å². The lowest BCUT2D eigenvalue weighted by Gasteiger charge is -2.31. The number of nitrogens with zero attached hydrogens (tertiary/aromatic N) is 2. The summed E-state index contributed by atoms with van der Waals surface area (Å²) in [6, 6.07) is 8.25. The molecule has 3 rings (SSSR count). The first kappa shape index (κ1) is 16.4. The minimum Gasteiger partial charge on any atom is -0.478 e. The Labute approximate surface area is 140 Å². The Hall–Kier alpha value is -2.45. The molecule has 1 aliphatic heterocycles. The van der Waals surface area contributed by atoms with Crippen LogP contribution in [0.25, 0.3) is 0 Å². The second kappa shape index (κ2) is 6.21. The van der Waals surface area contributed by atoms with Gasteiger partial charge in [-0.15, -0.1) is 0 Å². The van der Waals surface area contributed by atoms with Crippen molar-refractivity contribution in [1.29, 1.82) is 0 Å². The van der Waals surface area contributed by atoms with Gasteiger partial charge in [0, 0.05) is 19.3 Å². The van der Waals surface area contributed by atoms with Crippen LogP contribution in [-0.4, -0.2) is 38.1 Å². The van der Waals surface area contributed by atoms with E-state index in [9.17, 15) is 18.3 Å². The van der Waals surface area contributed by atoms with Crippen molar-refractivity contribution >= 4 is 21.8 Å². The molecule has 0 bridgehead atoms. The number of benzene rings is 1. The molecule has 0 saturated carbocycles. The number of aromatic nitrogens is 1. The predicted octanol–water partition coefficient (Wildman–Crippen LogP) is 1.25. The van der Waals surface area contributed by atoms with Crippen LogP contribution in [-0.2, 0) is 23.0 Å². The zero-order chi connectivity index (χ0) is 17.3. The topological polar surface area (TPSA) is 99.6 Å². The number of nitrogens with one attached hydrogen (secondary N) is 1. The summed E-state index contributed by atoms with van der Waals surface area (Å²) in [5.74, 6) is -0.632. The number of pyridine rings is 1. The molecule has 1 aliphatic rings. The van der Waals surface area contributed by atoms with E-state index in [1.807, 2.05) is 11.0 Å². The van der Waals surface area contributed by atoms with Crippen LogP contribution in [0.4, 0.5) is 5.82 Å². The van der Waals surface area contributed by atoms with Crippen LogP contribution in [0.1, 0.15) is 21.5 Å². The van der Waals surface area contributed by atoms with E-state index in [1.54, 1.807) is 24.4 Å². The molecule has 0 atom stereocenters. The molecular formula is C16H17N3O4S. The number of carboxylic acid groups (broad SMARTS) is 1. The monoisotopic (exact) mass is 347 g/mol. The summed E-state index contributed by atoms with van der Waals surface area (Å²) >= 11 is 0. The molecule has 2 heterocycles. The van der Waals surface area contributed by atoms with Crippen molar-refractivity contribution in [3.63, 3.8) is 0 Å². The first-order valence-corrected chi connectivity index (χ1v) is 8.90. The molecule has 0 fully saturated rings. The average molecular weight is 347 g/mol. The zero-order valence-electron chi connectivity index (χ0n) is 13.1. The van der Waals surface area contributed by atoms with E-state index in [0.29, 0.717) is 25.3 Å². The summed E-state index contributed by atoms with van der Waals surface area (Å²) in [7, 11) is -2.14. The van der Waals surface area contributed by atoms with Gasteiger partial charge in [-0.05, 0) is 42.8 Å². The highest BCUT2D eigenvalue weighted by atomic mass is 32.2. The van der Waals surface area contributed by atoms with Gasteiger partial charge in [-0.2, -0.15) is 0 Å². The quantitative estimate of drug-likeness (QED) is 0.863. The summed E-state index contributed by atoms with van der Waals surface area (Å²) in [6.45, 7) is 0.917. The van der Waals surface area contributed by atoms with Crippen molar-refractivity contribution < 1.29 is 18.3 Å². The van der Waals surface area contributed by atoms with Gasteiger partial charge >= 0.3 is 5.97 Å². The van der Waals surface area contributed by atoms with Crippen LogP contribution in [0.5, 0.6) is 0 Å². The number of hydrogen-bond donors (Lipinski definition) is 2. The molecule has 2 N–H and O–H groups in total. The molecule has 0 saturated heterocycles. The standard InChI is InChI=1S/C16H17N3O4S/c1-17-24(22,23)14-6-2-4-11-10-19(9-7-12(11)14)15-13(16(20)21)5-3-8-18-15/h2-6,8,17H,7,9-10H2,1H3,(H,20,21). The van der Waals surface area contributed by atoms with Crippen molar-refractivity contribution in [2.45, 2.75) is 17.9 Å². The van der Waals surface area contributed by atoms with Gasteiger partial charge in [0.2, 0.25) is 10.0 Å². The summed E-state index contributed by atoms with van der Waals surface area (Å²) in [5, 5.41) is 9.32. The highest BCUT2D eigenvalue weighted by Crippen LogP contribution is 2.29. The van der Waals surface area contributed by atoms with E-state index in [2.05, 4.69) is 9.71 Å². The Morgan fingerprint density at radius 3 is 2.79 bits per heavy atom. The Balaban J connectivity index is 2.00. The molecule has 0 radical (unpaired) electrons.